The monoisotopic (exact) mass is 284 g/mol. The molecule has 0 aliphatic heterocycles. The minimum atomic E-state index is -1.28. The van der Waals surface area contributed by atoms with Gasteiger partial charge >= 0.3 is 0 Å². The number of hydrogen-bond donors (Lipinski definition) is 3. The highest BCUT2D eigenvalue weighted by Gasteiger charge is 2.15. The van der Waals surface area contributed by atoms with Gasteiger partial charge in [0.25, 0.3) is 5.91 Å². The number of phenolic OH excluding ortho intramolecular Hbond substituents is 1. The average Bonchev–Trinajstić information content (AvgIpc) is 2.50. The van der Waals surface area contributed by atoms with Crippen LogP contribution in [0.3, 0.4) is 0 Å². The summed E-state index contributed by atoms with van der Waals surface area (Å²) in [6.07, 6.45) is 0.0484. The maximum Gasteiger partial charge on any atom is 0.273 e. The van der Waals surface area contributed by atoms with Crippen molar-refractivity contribution in [3.63, 3.8) is 0 Å². The Kier molecular flexibility index (Phi) is 4.68. The quantitative estimate of drug-likeness (QED) is 0.592. The fourth-order valence-electron chi connectivity index (χ4n) is 1.79. The Balaban J connectivity index is 2.01. The van der Waals surface area contributed by atoms with E-state index in [1.807, 2.05) is 6.92 Å². The number of rotatable bonds is 4. The predicted molar refractivity (Wildman–Crippen MR) is 80.0 cm³/mol. The zero-order valence-electron chi connectivity index (χ0n) is 11.5. The summed E-state index contributed by atoms with van der Waals surface area (Å²) in [5.74, 6) is -0.563. The Labute approximate surface area is 122 Å². The Morgan fingerprint density at radius 2 is 1.95 bits per heavy atom. The molecule has 2 aromatic rings. The third-order valence-electron chi connectivity index (χ3n) is 2.93. The van der Waals surface area contributed by atoms with Crippen molar-refractivity contribution in [1.82, 2.24) is 5.43 Å². The van der Waals surface area contributed by atoms with Gasteiger partial charge in [-0.15, -0.1) is 0 Å². The summed E-state index contributed by atoms with van der Waals surface area (Å²) in [5.41, 5.74) is 4.19. The molecular formula is C16H16N2O3. The molecule has 0 saturated carbocycles. The molecule has 21 heavy (non-hydrogen) atoms. The predicted octanol–water partition coefficient (Wildman–Crippen LogP) is 1.88. The minimum Gasteiger partial charge on any atom is -0.507 e. The molecule has 0 aromatic heterocycles. The average molecular weight is 284 g/mol. The van der Waals surface area contributed by atoms with Crippen LogP contribution in [-0.4, -0.2) is 22.3 Å². The van der Waals surface area contributed by atoms with Crippen molar-refractivity contribution < 1.29 is 15.0 Å². The van der Waals surface area contributed by atoms with Crippen molar-refractivity contribution in [3.05, 3.63) is 65.2 Å². The van der Waals surface area contributed by atoms with Crippen molar-refractivity contribution in [1.29, 1.82) is 0 Å². The molecule has 5 heteroatoms. The summed E-state index contributed by atoms with van der Waals surface area (Å²) < 4.78 is 0. The number of benzene rings is 2. The lowest BCUT2D eigenvalue weighted by molar-refractivity contribution is -0.129. The van der Waals surface area contributed by atoms with Crippen LogP contribution in [0.2, 0.25) is 0 Å². The molecule has 1 atom stereocenters. The third kappa shape index (κ3) is 3.90. The van der Waals surface area contributed by atoms with Crippen LogP contribution >= 0.6 is 0 Å². The van der Waals surface area contributed by atoms with E-state index in [-0.39, 0.29) is 5.75 Å². The summed E-state index contributed by atoms with van der Waals surface area (Å²) in [5, 5.41) is 23.2. The molecule has 0 radical (unpaired) electrons. The first kappa shape index (κ1) is 14.7. The van der Waals surface area contributed by atoms with Crippen LogP contribution in [0.25, 0.3) is 0 Å². The molecule has 0 bridgehead atoms. The molecule has 1 amide bonds. The minimum absolute atomic E-state index is 0.0715. The van der Waals surface area contributed by atoms with Crippen molar-refractivity contribution in [3.8, 4) is 5.75 Å². The van der Waals surface area contributed by atoms with Gasteiger partial charge in [0.2, 0.25) is 0 Å². The van der Waals surface area contributed by atoms with E-state index in [9.17, 15) is 15.0 Å². The van der Waals surface area contributed by atoms with Gasteiger partial charge in [0, 0.05) is 5.56 Å². The molecule has 0 saturated heterocycles. The van der Waals surface area contributed by atoms with Crippen molar-refractivity contribution in [2.75, 3.05) is 0 Å². The molecule has 2 rings (SSSR count). The number of aliphatic hydroxyl groups excluding tert-OH is 1. The van der Waals surface area contributed by atoms with Gasteiger partial charge in [-0.05, 0) is 24.6 Å². The second-order valence-corrected chi connectivity index (χ2v) is 4.61. The van der Waals surface area contributed by atoms with Gasteiger partial charge in [-0.3, -0.25) is 4.79 Å². The summed E-state index contributed by atoms with van der Waals surface area (Å²) in [4.78, 5) is 11.7. The summed E-state index contributed by atoms with van der Waals surface area (Å²) >= 11 is 0. The van der Waals surface area contributed by atoms with Crippen LogP contribution in [0.4, 0.5) is 0 Å². The van der Waals surface area contributed by atoms with E-state index in [2.05, 4.69) is 10.5 Å². The SMILES string of the molecule is Cc1ccc(O)c(C=NNC(=O)C(O)c2ccccc2)c1. The number of aryl methyl sites for hydroxylation is 1. The Bertz CT molecular complexity index is 654. The highest BCUT2D eigenvalue weighted by molar-refractivity contribution is 5.86. The zero-order valence-corrected chi connectivity index (χ0v) is 11.5. The van der Waals surface area contributed by atoms with Gasteiger partial charge in [0.15, 0.2) is 6.10 Å². The number of carbonyl (C=O) groups is 1. The summed E-state index contributed by atoms with van der Waals surface area (Å²) in [6.45, 7) is 1.88. The van der Waals surface area contributed by atoms with Crippen LogP contribution in [-0.2, 0) is 4.79 Å². The molecule has 3 N–H and O–H groups in total. The van der Waals surface area contributed by atoms with E-state index >= 15 is 0 Å². The molecule has 1 unspecified atom stereocenters. The van der Waals surface area contributed by atoms with E-state index in [4.69, 9.17) is 0 Å². The highest BCUT2D eigenvalue weighted by Crippen LogP contribution is 2.16. The fraction of sp³-hybridized carbons (Fsp3) is 0.125. The van der Waals surface area contributed by atoms with E-state index in [1.54, 1.807) is 48.5 Å². The number of aliphatic hydroxyl groups is 1. The summed E-state index contributed by atoms with van der Waals surface area (Å²) in [7, 11) is 0. The van der Waals surface area contributed by atoms with Crippen LogP contribution in [0.5, 0.6) is 5.75 Å². The molecule has 0 spiro atoms. The van der Waals surface area contributed by atoms with Gasteiger partial charge in [-0.2, -0.15) is 5.10 Å². The number of phenols is 1. The Morgan fingerprint density at radius 3 is 2.67 bits per heavy atom. The van der Waals surface area contributed by atoms with Gasteiger partial charge in [-0.1, -0.05) is 42.0 Å². The number of aromatic hydroxyl groups is 1. The van der Waals surface area contributed by atoms with Gasteiger partial charge < -0.3 is 10.2 Å². The molecule has 108 valence electrons. The first-order chi connectivity index (χ1) is 10.1. The number of amides is 1. The van der Waals surface area contributed by atoms with Crippen LogP contribution < -0.4 is 5.43 Å². The number of carbonyl (C=O) groups excluding carboxylic acids is 1. The maximum atomic E-state index is 11.7. The number of hydrogen-bond acceptors (Lipinski definition) is 4. The smallest absolute Gasteiger partial charge is 0.273 e. The van der Waals surface area contributed by atoms with Crippen molar-refractivity contribution >= 4 is 12.1 Å². The van der Waals surface area contributed by atoms with Crippen molar-refractivity contribution in [2.24, 2.45) is 5.10 Å². The van der Waals surface area contributed by atoms with Gasteiger partial charge in [-0.25, -0.2) is 5.43 Å². The summed E-state index contributed by atoms with van der Waals surface area (Å²) in [6, 6.07) is 13.6. The van der Waals surface area contributed by atoms with Gasteiger partial charge in [0.1, 0.15) is 5.75 Å². The van der Waals surface area contributed by atoms with Crippen LogP contribution in [0, 0.1) is 6.92 Å². The standard InChI is InChI=1S/C16H16N2O3/c1-11-7-8-14(19)13(9-11)10-17-18-16(21)15(20)12-5-3-2-4-6-12/h2-10,15,19-20H,1H3,(H,18,21). The van der Waals surface area contributed by atoms with E-state index < -0.39 is 12.0 Å². The first-order valence-corrected chi connectivity index (χ1v) is 6.43. The van der Waals surface area contributed by atoms with Crippen molar-refractivity contribution in [2.45, 2.75) is 13.0 Å². The molecule has 5 nitrogen and oxygen atoms in total. The maximum absolute atomic E-state index is 11.7. The highest BCUT2D eigenvalue weighted by atomic mass is 16.3. The third-order valence-corrected chi connectivity index (χ3v) is 2.93. The normalized spacial score (nSPS) is 12.3. The van der Waals surface area contributed by atoms with E-state index in [0.717, 1.165) is 5.56 Å². The largest absolute Gasteiger partial charge is 0.507 e. The second-order valence-electron chi connectivity index (χ2n) is 4.61. The molecule has 0 fully saturated rings. The Morgan fingerprint density at radius 1 is 1.24 bits per heavy atom. The lowest BCUT2D eigenvalue weighted by atomic mass is 10.1. The number of nitrogens with one attached hydrogen (secondary N) is 1. The van der Waals surface area contributed by atoms with Crippen LogP contribution in [0.1, 0.15) is 22.8 Å². The Hall–Kier alpha value is -2.66. The molecule has 2 aromatic carbocycles. The van der Waals surface area contributed by atoms with Crippen LogP contribution in [0.15, 0.2) is 53.6 Å². The number of hydrazone groups is 1. The lowest BCUT2D eigenvalue weighted by Gasteiger charge is -2.08. The lowest BCUT2D eigenvalue weighted by Crippen LogP contribution is -2.25. The number of nitrogens with zero attached hydrogens (tertiary/aromatic N) is 1. The molecule has 0 heterocycles. The van der Waals surface area contributed by atoms with E-state index in [0.29, 0.717) is 11.1 Å². The molecule has 0 aliphatic carbocycles. The molecular weight excluding hydrogens is 268 g/mol. The zero-order chi connectivity index (χ0) is 15.2. The second kappa shape index (κ2) is 6.67. The molecule has 0 aliphatic rings. The van der Waals surface area contributed by atoms with Gasteiger partial charge in [0.05, 0.1) is 6.21 Å². The fourth-order valence-corrected chi connectivity index (χ4v) is 1.79. The topological polar surface area (TPSA) is 81.9 Å². The first-order valence-electron chi connectivity index (χ1n) is 6.43. The van der Waals surface area contributed by atoms with E-state index in [1.165, 1.54) is 6.21 Å².